The number of nitrogens with zero attached hydrogens (tertiary/aromatic N) is 1. The quantitative estimate of drug-likeness (QED) is 0.559. The molecular weight excluding hydrogens is 482 g/mol. The molecule has 3 amide bonds. The summed E-state index contributed by atoms with van der Waals surface area (Å²) in [6.45, 7) is 11.1. The number of ether oxygens (including phenoxy) is 2. The lowest BCUT2D eigenvalue weighted by molar-refractivity contribution is -0.126. The summed E-state index contributed by atoms with van der Waals surface area (Å²) in [5, 5.41) is 5.56. The molecule has 2 N–H and O–H groups in total. The molecule has 2 aromatic carbocycles. The van der Waals surface area contributed by atoms with Gasteiger partial charge in [-0.3, -0.25) is 23.5 Å². The summed E-state index contributed by atoms with van der Waals surface area (Å²) in [6, 6.07) is 9.63. The van der Waals surface area contributed by atoms with Crippen molar-refractivity contribution in [3.8, 4) is 11.5 Å². The van der Waals surface area contributed by atoms with Crippen molar-refractivity contribution in [2.45, 2.75) is 53.1 Å². The van der Waals surface area contributed by atoms with Gasteiger partial charge in [-0.05, 0) is 65.3 Å². The molecule has 194 valence electrons. The summed E-state index contributed by atoms with van der Waals surface area (Å²) in [6.07, 6.45) is 0. The van der Waals surface area contributed by atoms with Crippen LogP contribution in [0.15, 0.2) is 36.4 Å². The summed E-state index contributed by atoms with van der Waals surface area (Å²) < 4.78 is 23.3. The highest BCUT2D eigenvalue weighted by atomic mass is 32.2. The van der Waals surface area contributed by atoms with E-state index in [9.17, 15) is 18.6 Å². The maximum Gasteiger partial charge on any atom is 0.243 e. The molecule has 9 nitrogen and oxygen atoms in total. The van der Waals surface area contributed by atoms with Crippen molar-refractivity contribution in [2.75, 3.05) is 28.5 Å². The van der Waals surface area contributed by atoms with Crippen LogP contribution >= 0.6 is 0 Å². The number of hydrogen-bond acceptors (Lipinski definition) is 6. The average molecular weight is 516 g/mol. The molecule has 0 bridgehead atoms. The third-order valence-corrected chi connectivity index (χ3v) is 6.53. The summed E-state index contributed by atoms with van der Waals surface area (Å²) in [5.41, 5.74) is 2.36. The molecule has 2 atom stereocenters. The van der Waals surface area contributed by atoms with Gasteiger partial charge < -0.3 is 20.1 Å². The van der Waals surface area contributed by atoms with Gasteiger partial charge in [0.05, 0.1) is 0 Å². The van der Waals surface area contributed by atoms with Crippen molar-refractivity contribution >= 4 is 39.9 Å². The number of nitrogens with one attached hydrogen (secondary N) is 2. The molecule has 3 rings (SSSR count). The Morgan fingerprint density at radius 2 is 1.72 bits per heavy atom. The van der Waals surface area contributed by atoms with Gasteiger partial charge in [0, 0.05) is 33.8 Å². The Kier molecular flexibility index (Phi) is 8.39. The van der Waals surface area contributed by atoms with E-state index in [1.807, 2.05) is 46.8 Å². The fourth-order valence-corrected chi connectivity index (χ4v) is 4.68. The van der Waals surface area contributed by atoms with Crippen LogP contribution in [0.25, 0.3) is 0 Å². The molecule has 0 spiro atoms. The molecule has 0 unspecified atom stereocenters. The van der Waals surface area contributed by atoms with Gasteiger partial charge >= 0.3 is 0 Å². The first-order valence-electron chi connectivity index (χ1n) is 11.6. The second-order valence-electron chi connectivity index (χ2n) is 9.81. The van der Waals surface area contributed by atoms with Crippen molar-refractivity contribution in [1.82, 2.24) is 5.32 Å². The van der Waals surface area contributed by atoms with Crippen LogP contribution in [-0.2, 0) is 25.2 Å². The summed E-state index contributed by atoms with van der Waals surface area (Å²) in [7, 11) is -1.80. The van der Waals surface area contributed by atoms with E-state index in [1.54, 1.807) is 31.2 Å². The van der Waals surface area contributed by atoms with Crippen molar-refractivity contribution in [3.63, 3.8) is 0 Å². The summed E-state index contributed by atoms with van der Waals surface area (Å²) in [4.78, 5) is 40.1. The molecule has 0 aromatic heterocycles. The van der Waals surface area contributed by atoms with Crippen LogP contribution in [0.4, 0.5) is 11.4 Å². The lowest BCUT2D eigenvalue weighted by Crippen LogP contribution is -2.54. The minimum absolute atomic E-state index is 0.113. The largest absolute Gasteiger partial charge is 0.454 e. The first kappa shape index (κ1) is 27.2. The Morgan fingerprint density at radius 1 is 1.03 bits per heavy atom. The molecule has 1 aliphatic rings. The van der Waals surface area contributed by atoms with E-state index < -0.39 is 39.9 Å². The van der Waals surface area contributed by atoms with Gasteiger partial charge in [-0.15, -0.1) is 0 Å². The average Bonchev–Trinajstić information content (AvgIpc) is 3.21. The van der Waals surface area contributed by atoms with Crippen LogP contribution in [0.1, 0.15) is 38.8 Å². The van der Waals surface area contributed by atoms with Crippen LogP contribution in [0.2, 0.25) is 0 Å². The predicted octanol–water partition coefficient (Wildman–Crippen LogP) is 3.06. The van der Waals surface area contributed by atoms with Crippen molar-refractivity contribution in [2.24, 2.45) is 0 Å². The van der Waals surface area contributed by atoms with E-state index >= 15 is 0 Å². The second-order valence-corrected chi connectivity index (χ2v) is 11.3. The summed E-state index contributed by atoms with van der Waals surface area (Å²) >= 11 is 0. The number of hydrogen-bond donors (Lipinski definition) is 2. The molecule has 0 radical (unpaired) electrons. The topological polar surface area (TPSA) is 114 Å². The van der Waals surface area contributed by atoms with Gasteiger partial charge in [-0.25, -0.2) is 0 Å². The second kappa shape index (κ2) is 11.1. The lowest BCUT2D eigenvalue weighted by Gasteiger charge is -2.32. The molecule has 1 aliphatic heterocycles. The van der Waals surface area contributed by atoms with E-state index in [0.29, 0.717) is 22.9 Å². The maximum absolute atomic E-state index is 13.4. The Morgan fingerprint density at radius 3 is 2.39 bits per heavy atom. The normalized spacial score (nSPS) is 14.1. The molecule has 1 heterocycles. The molecular formula is C26H33N3O6S. The minimum atomic E-state index is -1.80. The first-order chi connectivity index (χ1) is 16.8. The highest BCUT2D eigenvalue weighted by Crippen LogP contribution is 2.34. The van der Waals surface area contributed by atoms with E-state index in [2.05, 4.69) is 10.6 Å². The molecule has 36 heavy (non-hydrogen) atoms. The van der Waals surface area contributed by atoms with Crippen LogP contribution in [0.3, 0.4) is 0 Å². The number of amides is 3. The smallest absolute Gasteiger partial charge is 0.243 e. The summed E-state index contributed by atoms with van der Waals surface area (Å²) in [5.74, 6) is -1.03. The van der Waals surface area contributed by atoms with Crippen molar-refractivity contribution < 1.29 is 28.1 Å². The predicted molar refractivity (Wildman–Crippen MR) is 140 cm³/mol. The molecule has 0 aliphatic carbocycles. The van der Waals surface area contributed by atoms with Crippen LogP contribution < -0.4 is 25.0 Å². The third kappa shape index (κ3) is 7.07. The van der Waals surface area contributed by atoms with Crippen LogP contribution in [-0.4, -0.2) is 51.8 Å². The number of fused-ring (bicyclic) bond motifs is 1. The molecule has 10 heteroatoms. The van der Waals surface area contributed by atoms with Gasteiger partial charge in [-0.1, -0.05) is 17.7 Å². The molecule has 2 aromatic rings. The Hall–Kier alpha value is -3.40. The first-order valence-corrected chi connectivity index (χ1v) is 13.1. The van der Waals surface area contributed by atoms with E-state index in [-0.39, 0.29) is 18.5 Å². The fraction of sp³-hybridized carbons (Fsp3) is 0.423. The third-order valence-electron chi connectivity index (χ3n) is 5.38. The zero-order chi connectivity index (χ0) is 26.6. The van der Waals surface area contributed by atoms with E-state index in [1.165, 1.54) is 4.90 Å². The standard InChI is InChI=1S/C26H33N3O6S/c1-16-7-9-20(17(2)11-16)29(18(3)25(32)28-26(4,5)6)24(31)14-36(33)13-23(30)27-19-8-10-21-22(12-19)35-15-34-21/h7-12,18H,13-15H2,1-6H3,(H,27,30)(H,28,32)/t18-,36-/m0/s1. The molecule has 0 fully saturated rings. The fourth-order valence-electron chi connectivity index (χ4n) is 3.80. The Labute approximate surface area is 214 Å². The number of aryl methyl sites for hydroxylation is 2. The zero-order valence-electron chi connectivity index (χ0n) is 21.5. The number of carbonyl (C=O) groups is 3. The number of anilines is 2. The van der Waals surface area contributed by atoms with Crippen LogP contribution in [0, 0.1) is 13.8 Å². The van der Waals surface area contributed by atoms with Crippen LogP contribution in [0.5, 0.6) is 11.5 Å². The zero-order valence-corrected chi connectivity index (χ0v) is 22.3. The van der Waals surface area contributed by atoms with Gasteiger partial charge in [0.1, 0.15) is 17.5 Å². The van der Waals surface area contributed by atoms with Crippen molar-refractivity contribution in [1.29, 1.82) is 0 Å². The Bertz CT molecular complexity index is 1190. The van der Waals surface area contributed by atoms with Crippen molar-refractivity contribution in [3.05, 3.63) is 47.5 Å². The minimum Gasteiger partial charge on any atom is -0.454 e. The highest BCUT2D eigenvalue weighted by molar-refractivity contribution is 7.86. The lowest BCUT2D eigenvalue weighted by atomic mass is 10.1. The maximum atomic E-state index is 13.4. The van der Waals surface area contributed by atoms with Gasteiger partial charge in [0.15, 0.2) is 11.5 Å². The highest BCUT2D eigenvalue weighted by Gasteiger charge is 2.31. The van der Waals surface area contributed by atoms with Gasteiger partial charge in [0.25, 0.3) is 0 Å². The SMILES string of the molecule is Cc1ccc(N(C(=O)C[S@@](=O)CC(=O)Nc2ccc3c(c2)OCO3)[C@@H](C)C(=O)NC(C)(C)C)c(C)c1. The van der Waals surface area contributed by atoms with E-state index in [4.69, 9.17) is 9.47 Å². The molecule has 0 saturated heterocycles. The number of carbonyl (C=O) groups excluding carboxylic acids is 3. The monoisotopic (exact) mass is 515 g/mol. The Balaban J connectivity index is 1.71. The number of benzene rings is 2. The number of rotatable bonds is 8. The molecule has 0 saturated carbocycles. The van der Waals surface area contributed by atoms with E-state index in [0.717, 1.165) is 11.1 Å². The van der Waals surface area contributed by atoms with Gasteiger partial charge in [-0.2, -0.15) is 0 Å². The van der Waals surface area contributed by atoms with Gasteiger partial charge in [0.2, 0.25) is 24.5 Å².